The molecule has 1 unspecified atom stereocenters. The second-order valence-electron chi connectivity index (χ2n) is 4.69. The van der Waals surface area contributed by atoms with Crippen LogP contribution in [0.3, 0.4) is 0 Å². The van der Waals surface area contributed by atoms with Crippen LogP contribution in [-0.4, -0.2) is 28.2 Å². The number of hydrogen-bond acceptors (Lipinski definition) is 1. The summed E-state index contributed by atoms with van der Waals surface area (Å²) in [4.78, 5) is 0. The first-order valence-corrected chi connectivity index (χ1v) is 10.1. The van der Waals surface area contributed by atoms with E-state index in [0.717, 1.165) is 15.7 Å². The summed E-state index contributed by atoms with van der Waals surface area (Å²) in [5, 5.41) is 0. The van der Waals surface area contributed by atoms with E-state index in [4.69, 9.17) is 0 Å². The molecule has 0 fully saturated rings. The largest absolute Gasteiger partial charge is 0.342 e. The van der Waals surface area contributed by atoms with Gasteiger partial charge in [-0.1, -0.05) is 38.3 Å². The molecule has 1 nitrogen and oxygen atoms in total. The van der Waals surface area contributed by atoms with E-state index in [2.05, 4.69) is 42.6 Å². The van der Waals surface area contributed by atoms with Crippen LogP contribution in [-0.2, 0) is 0 Å². The van der Waals surface area contributed by atoms with E-state index in [9.17, 15) is 0 Å². The lowest BCUT2D eigenvalue weighted by atomic mass is 10.0. The van der Waals surface area contributed by atoms with Crippen LogP contribution in [0.5, 0.6) is 0 Å². The number of allylic oxidation sites excluding steroid dienone is 1. The molecule has 0 aliphatic heterocycles. The first kappa shape index (κ1) is 11.2. The van der Waals surface area contributed by atoms with Gasteiger partial charge in [0, 0.05) is 6.04 Å². The molecule has 0 heterocycles. The van der Waals surface area contributed by atoms with Crippen molar-refractivity contribution in [2.24, 2.45) is 0 Å². The molecule has 0 saturated heterocycles. The van der Waals surface area contributed by atoms with Gasteiger partial charge in [0.1, 0.15) is 17.9 Å². The average Bonchev–Trinajstić information content (AvgIpc) is 2.05. The maximum atomic E-state index is 2.75. The maximum absolute atomic E-state index is 2.75. The van der Waals surface area contributed by atoms with E-state index in [1.54, 1.807) is 0 Å². The molecule has 0 aromatic heterocycles. The monoisotopic (exact) mass is 211 g/mol. The Hall–Kier alpha value is 0.134. The van der Waals surface area contributed by atoms with Crippen LogP contribution in [0.2, 0.25) is 26.2 Å². The van der Waals surface area contributed by atoms with Gasteiger partial charge in [-0.3, -0.25) is 0 Å². The molecular formula is C10H21NSi2. The van der Waals surface area contributed by atoms with Crippen molar-refractivity contribution in [3.05, 3.63) is 12.2 Å². The molecule has 1 rings (SSSR count). The molecule has 0 N–H and O–H groups in total. The van der Waals surface area contributed by atoms with Crippen molar-refractivity contribution in [2.45, 2.75) is 51.5 Å². The molecule has 0 spiro atoms. The molecule has 0 bridgehead atoms. The summed E-state index contributed by atoms with van der Waals surface area (Å²) >= 11 is 0. The van der Waals surface area contributed by atoms with Crippen LogP contribution >= 0.6 is 0 Å². The van der Waals surface area contributed by atoms with Crippen LogP contribution in [0.15, 0.2) is 12.2 Å². The Morgan fingerprint density at radius 1 is 1.38 bits per heavy atom. The molecular weight excluding hydrogens is 190 g/mol. The lowest BCUT2D eigenvalue weighted by molar-refractivity contribution is 0.474. The van der Waals surface area contributed by atoms with E-state index in [1.165, 1.54) is 19.3 Å². The third-order valence-electron chi connectivity index (χ3n) is 2.52. The number of rotatable bonds is 3. The SMILES string of the molecule is C[Si]N(C1C=CCCC1)[Si](C)(C)C. The van der Waals surface area contributed by atoms with Gasteiger partial charge in [0.15, 0.2) is 0 Å². The molecule has 1 aliphatic rings. The predicted octanol–water partition coefficient (Wildman–Crippen LogP) is 2.90. The Morgan fingerprint density at radius 3 is 2.46 bits per heavy atom. The van der Waals surface area contributed by atoms with Crippen LogP contribution in [0.1, 0.15) is 19.3 Å². The van der Waals surface area contributed by atoms with Crippen molar-refractivity contribution in [3.8, 4) is 0 Å². The van der Waals surface area contributed by atoms with Crippen molar-refractivity contribution in [1.82, 2.24) is 4.23 Å². The van der Waals surface area contributed by atoms with Gasteiger partial charge in [-0.2, -0.15) is 0 Å². The molecule has 2 radical (unpaired) electrons. The zero-order chi connectivity index (χ0) is 9.90. The zero-order valence-electron chi connectivity index (χ0n) is 9.30. The summed E-state index contributed by atoms with van der Waals surface area (Å²) < 4.78 is 2.75. The molecule has 3 heteroatoms. The highest BCUT2D eigenvalue weighted by atomic mass is 28.4. The van der Waals surface area contributed by atoms with Crippen LogP contribution < -0.4 is 0 Å². The van der Waals surface area contributed by atoms with Crippen LogP contribution in [0.4, 0.5) is 0 Å². The highest BCUT2D eigenvalue weighted by Crippen LogP contribution is 2.21. The number of hydrogen-bond donors (Lipinski definition) is 0. The Labute approximate surface area is 86.2 Å². The minimum Gasteiger partial charge on any atom is -0.342 e. The Balaban J connectivity index is 2.65. The van der Waals surface area contributed by atoms with Crippen molar-refractivity contribution >= 4 is 17.9 Å². The fourth-order valence-corrected chi connectivity index (χ4v) is 6.45. The lowest BCUT2D eigenvalue weighted by Crippen LogP contribution is -2.52. The van der Waals surface area contributed by atoms with Crippen LogP contribution in [0, 0.1) is 0 Å². The minimum absolute atomic E-state index is 0.753. The van der Waals surface area contributed by atoms with E-state index < -0.39 is 8.24 Å². The fourth-order valence-electron chi connectivity index (χ4n) is 2.01. The van der Waals surface area contributed by atoms with Crippen molar-refractivity contribution in [2.75, 3.05) is 0 Å². The summed E-state index contributed by atoms with van der Waals surface area (Å²) in [6, 6.07) is 0.753. The van der Waals surface area contributed by atoms with Gasteiger partial charge in [-0.05, 0) is 19.3 Å². The van der Waals surface area contributed by atoms with Crippen molar-refractivity contribution in [3.63, 3.8) is 0 Å². The second-order valence-corrected chi connectivity index (χ2v) is 10.9. The zero-order valence-corrected chi connectivity index (χ0v) is 11.3. The van der Waals surface area contributed by atoms with E-state index >= 15 is 0 Å². The first-order valence-electron chi connectivity index (χ1n) is 5.19. The third-order valence-corrected chi connectivity index (χ3v) is 7.80. The quantitative estimate of drug-likeness (QED) is 0.512. The molecule has 0 aromatic rings. The Morgan fingerprint density at radius 2 is 2.08 bits per heavy atom. The topological polar surface area (TPSA) is 3.24 Å². The van der Waals surface area contributed by atoms with E-state index in [0.29, 0.717) is 0 Å². The Bertz CT molecular complexity index is 184. The smallest absolute Gasteiger partial charge is 0.131 e. The Kier molecular flexibility index (Phi) is 3.94. The van der Waals surface area contributed by atoms with Crippen molar-refractivity contribution < 1.29 is 0 Å². The minimum atomic E-state index is -1.08. The summed E-state index contributed by atoms with van der Waals surface area (Å²) in [5.41, 5.74) is 0. The van der Waals surface area contributed by atoms with Gasteiger partial charge in [0.05, 0.1) is 0 Å². The van der Waals surface area contributed by atoms with Gasteiger partial charge < -0.3 is 4.23 Å². The van der Waals surface area contributed by atoms with Crippen LogP contribution in [0.25, 0.3) is 0 Å². The third kappa shape index (κ3) is 3.07. The standard InChI is InChI=1S/C10H21NSi2/c1-12-11(13(2,3)4)10-8-6-5-7-9-10/h6,8,10H,5,7,9H2,1-4H3. The second kappa shape index (κ2) is 4.57. The van der Waals surface area contributed by atoms with Gasteiger partial charge in [-0.25, -0.2) is 0 Å². The summed E-state index contributed by atoms with van der Waals surface area (Å²) in [5.74, 6) is 0. The van der Waals surface area contributed by atoms with Gasteiger partial charge in [0.25, 0.3) is 0 Å². The molecule has 1 atom stereocenters. The molecule has 0 aromatic carbocycles. The van der Waals surface area contributed by atoms with E-state index in [1.807, 2.05) is 0 Å². The average molecular weight is 211 g/mol. The molecule has 13 heavy (non-hydrogen) atoms. The highest BCUT2D eigenvalue weighted by molar-refractivity contribution is 6.79. The summed E-state index contributed by atoms with van der Waals surface area (Å²) in [7, 11) is -0.105. The van der Waals surface area contributed by atoms with E-state index in [-0.39, 0.29) is 0 Å². The summed E-state index contributed by atoms with van der Waals surface area (Å²) in [6.45, 7) is 9.67. The highest BCUT2D eigenvalue weighted by Gasteiger charge is 2.28. The maximum Gasteiger partial charge on any atom is 0.131 e. The predicted molar refractivity (Wildman–Crippen MR) is 63.6 cm³/mol. The fraction of sp³-hybridized carbons (Fsp3) is 0.800. The lowest BCUT2D eigenvalue weighted by Gasteiger charge is -2.39. The van der Waals surface area contributed by atoms with Crippen molar-refractivity contribution in [1.29, 1.82) is 0 Å². The van der Waals surface area contributed by atoms with Gasteiger partial charge in [-0.15, -0.1) is 0 Å². The molecule has 74 valence electrons. The first-order chi connectivity index (χ1) is 6.05. The molecule has 0 saturated carbocycles. The molecule has 0 amide bonds. The molecule has 1 aliphatic carbocycles. The summed E-state index contributed by atoms with van der Waals surface area (Å²) in [6.07, 6.45) is 8.84. The van der Waals surface area contributed by atoms with Gasteiger partial charge >= 0.3 is 0 Å². The number of nitrogens with zero attached hydrogens (tertiary/aromatic N) is 1. The van der Waals surface area contributed by atoms with Gasteiger partial charge in [0.2, 0.25) is 0 Å². The normalized spacial score (nSPS) is 23.9.